The third-order valence-electron chi connectivity index (χ3n) is 3.94. The van der Waals surface area contributed by atoms with E-state index in [4.69, 9.17) is 4.74 Å². The number of ether oxygens (including phenoxy) is 1. The number of carbonyl (C=O) groups is 1. The lowest BCUT2D eigenvalue weighted by Gasteiger charge is -2.11. The van der Waals surface area contributed by atoms with E-state index in [0.29, 0.717) is 0 Å². The SMILES string of the molecule is CCCCCOc1cccc(Nc2cccc(NC(=O)[C@H]3C[SH+]3)c2)c1. The molecule has 1 amide bonds. The van der Waals surface area contributed by atoms with Crippen LogP contribution in [-0.2, 0) is 16.6 Å². The summed E-state index contributed by atoms with van der Waals surface area (Å²) in [7, 11) is 0. The average molecular weight is 357 g/mol. The Morgan fingerprint density at radius 1 is 1.12 bits per heavy atom. The topological polar surface area (TPSA) is 50.4 Å². The number of amides is 1. The molecule has 0 spiro atoms. The zero-order valence-electron chi connectivity index (χ0n) is 14.5. The first kappa shape index (κ1) is 17.7. The van der Waals surface area contributed by atoms with Crippen molar-refractivity contribution in [3.8, 4) is 5.75 Å². The molecule has 1 saturated heterocycles. The minimum absolute atomic E-state index is 0.112. The van der Waals surface area contributed by atoms with Crippen molar-refractivity contribution in [1.29, 1.82) is 0 Å². The van der Waals surface area contributed by atoms with Crippen molar-refractivity contribution in [3.63, 3.8) is 0 Å². The van der Waals surface area contributed by atoms with Gasteiger partial charge in [0.05, 0.1) is 6.61 Å². The molecule has 0 radical (unpaired) electrons. The minimum Gasteiger partial charge on any atom is -0.494 e. The van der Waals surface area contributed by atoms with Gasteiger partial charge in [0.25, 0.3) is 5.91 Å². The molecule has 1 fully saturated rings. The molecule has 1 aliphatic heterocycles. The second-order valence-electron chi connectivity index (χ2n) is 6.16. The summed E-state index contributed by atoms with van der Waals surface area (Å²) in [4.78, 5) is 11.9. The molecule has 5 heteroatoms. The van der Waals surface area contributed by atoms with Crippen LogP contribution >= 0.6 is 0 Å². The number of anilines is 3. The highest BCUT2D eigenvalue weighted by Gasteiger charge is 2.42. The highest BCUT2D eigenvalue weighted by Crippen LogP contribution is 2.24. The van der Waals surface area contributed by atoms with Crippen molar-refractivity contribution in [3.05, 3.63) is 48.5 Å². The predicted molar refractivity (Wildman–Crippen MR) is 107 cm³/mol. The molecule has 0 aromatic heterocycles. The number of carbonyl (C=O) groups excluding carboxylic acids is 1. The maximum atomic E-state index is 11.9. The van der Waals surface area contributed by atoms with Gasteiger partial charge in [-0.05, 0) is 48.5 Å². The van der Waals surface area contributed by atoms with E-state index < -0.39 is 0 Å². The molecule has 1 aliphatic rings. The Balaban J connectivity index is 1.58. The third kappa shape index (κ3) is 5.71. The van der Waals surface area contributed by atoms with Crippen molar-refractivity contribution in [2.24, 2.45) is 0 Å². The largest absolute Gasteiger partial charge is 0.494 e. The first-order valence-corrected chi connectivity index (χ1v) is 9.97. The number of benzene rings is 2. The van der Waals surface area contributed by atoms with Crippen LogP contribution in [0.1, 0.15) is 26.2 Å². The number of thiol groups is 1. The van der Waals surface area contributed by atoms with Crippen LogP contribution in [0.4, 0.5) is 17.1 Å². The van der Waals surface area contributed by atoms with E-state index >= 15 is 0 Å². The molecule has 4 nitrogen and oxygen atoms in total. The first-order chi connectivity index (χ1) is 12.2. The van der Waals surface area contributed by atoms with E-state index in [1.165, 1.54) is 24.6 Å². The lowest BCUT2D eigenvalue weighted by Crippen LogP contribution is -2.17. The highest BCUT2D eigenvalue weighted by molar-refractivity contribution is 7.87. The van der Waals surface area contributed by atoms with Crippen LogP contribution in [0.3, 0.4) is 0 Å². The molecule has 0 aliphatic carbocycles. The molecule has 1 atom stereocenters. The zero-order valence-corrected chi connectivity index (χ0v) is 15.4. The normalized spacial score (nSPS) is 15.5. The molecule has 3 rings (SSSR count). The lowest BCUT2D eigenvalue weighted by atomic mass is 10.2. The quantitative estimate of drug-likeness (QED) is 0.307. The van der Waals surface area contributed by atoms with Gasteiger partial charge in [-0.1, -0.05) is 31.9 Å². The van der Waals surface area contributed by atoms with Gasteiger partial charge in [-0.3, -0.25) is 4.79 Å². The van der Waals surface area contributed by atoms with E-state index in [0.717, 1.165) is 41.6 Å². The maximum Gasteiger partial charge on any atom is 0.282 e. The number of nitrogens with one attached hydrogen (secondary N) is 2. The van der Waals surface area contributed by atoms with Crippen molar-refractivity contribution in [2.75, 3.05) is 23.0 Å². The van der Waals surface area contributed by atoms with Crippen LogP contribution in [0.2, 0.25) is 0 Å². The summed E-state index contributed by atoms with van der Waals surface area (Å²) in [5.41, 5.74) is 2.73. The summed E-state index contributed by atoms with van der Waals surface area (Å²) in [6.07, 6.45) is 3.46. The molecule has 0 saturated carbocycles. The second-order valence-corrected chi connectivity index (χ2v) is 7.51. The smallest absolute Gasteiger partial charge is 0.282 e. The van der Waals surface area contributed by atoms with Crippen LogP contribution in [0.15, 0.2) is 48.5 Å². The lowest BCUT2D eigenvalue weighted by molar-refractivity contribution is -0.114. The molecule has 25 heavy (non-hydrogen) atoms. The number of hydrogen-bond acceptors (Lipinski definition) is 3. The number of unbranched alkanes of at least 4 members (excludes halogenated alkanes) is 2. The van der Waals surface area contributed by atoms with E-state index in [1.54, 1.807) is 0 Å². The molecule has 1 heterocycles. The van der Waals surface area contributed by atoms with Crippen molar-refractivity contribution in [2.45, 2.75) is 31.4 Å². The van der Waals surface area contributed by atoms with Crippen molar-refractivity contribution >= 4 is 34.7 Å². The van der Waals surface area contributed by atoms with Crippen LogP contribution in [0.5, 0.6) is 5.75 Å². The van der Waals surface area contributed by atoms with E-state index in [9.17, 15) is 4.79 Å². The minimum atomic E-state index is 0.112. The summed E-state index contributed by atoms with van der Waals surface area (Å²) >= 11 is 1.23. The Hall–Kier alpha value is -2.14. The number of hydrogen-bond donors (Lipinski definition) is 2. The Kier molecular flexibility index (Phi) is 6.23. The molecule has 2 N–H and O–H groups in total. The Bertz CT molecular complexity index is 716. The maximum absolute atomic E-state index is 11.9. The van der Waals surface area contributed by atoms with Gasteiger partial charge < -0.3 is 15.4 Å². The van der Waals surface area contributed by atoms with Gasteiger partial charge in [0.1, 0.15) is 5.75 Å². The highest BCUT2D eigenvalue weighted by atomic mass is 32.2. The molecule has 0 unspecified atom stereocenters. The van der Waals surface area contributed by atoms with Crippen LogP contribution < -0.4 is 15.4 Å². The Morgan fingerprint density at radius 3 is 2.60 bits per heavy atom. The summed E-state index contributed by atoms with van der Waals surface area (Å²) < 4.78 is 5.80. The molecular formula is C20H25N2O2S+. The monoisotopic (exact) mass is 357 g/mol. The summed E-state index contributed by atoms with van der Waals surface area (Å²) in [5, 5.41) is 6.52. The van der Waals surface area contributed by atoms with Gasteiger partial charge in [0.2, 0.25) is 5.25 Å². The van der Waals surface area contributed by atoms with E-state index in [-0.39, 0.29) is 11.2 Å². The fourth-order valence-corrected chi connectivity index (χ4v) is 2.99. The van der Waals surface area contributed by atoms with Gasteiger partial charge in [-0.15, -0.1) is 0 Å². The summed E-state index contributed by atoms with van der Waals surface area (Å²) in [6, 6.07) is 15.8. The summed E-state index contributed by atoms with van der Waals surface area (Å²) in [5.74, 6) is 1.97. The molecule has 2 aromatic carbocycles. The fraction of sp³-hybridized carbons (Fsp3) is 0.350. The van der Waals surface area contributed by atoms with Gasteiger partial charge in [-0.2, -0.15) is 0 Å². The molecule has 0 bridgehead atoms. The molecular weight excluding hydrogens is 332 g/mol. The second kappa shape index (κ2) is 8.81. The van der Waals surface area contributed by atoms with E-state index in [1.807, 2.05) is 48.5 Å². The Morgan fingerprint density at radius 2 is 1.84 bits per heavy atom. The van der Waals surface area contributed by atoms with Crippen LogP contribution in [0.25, 0.3) is 0 Å². The average Bonchev–Trinajstić information content (AvgIpc) is 3.45. The van der Waals surface area contributed by atoms with Gasteiger partial charge >= 0.3 is 0 Å². The van der Waals surface area contributed by atoms with Gasteiger partial charge in [0.15, 0.2) is 5.75 Å². The molecule has 132 valence electrons. The number of rotatable bonds is 9. The van der Waals surface area contributed by atoms with Crippen molar-refractivity contribution < 1.29 is 9.53 Å². The van der Waals surface area contributed by atoms with Gasteiger partial charge in [0, 0.05) is 23.1 Å². The first-order valence-electron chi connectivity index (χ1n) is 8.82. The fourth-order valence-electron chi connectivity index (χ4n) is 2.49. The van der Waals surface area contributed by atoms with Crippen LogP contribution in [0, 0.1) is 0 Å². The molecule has 2 aromatic rings. The Labute approximate surface area is 153 Å². The predicted octanol–water partition coefficient (Wildman–Crippen LogP) is 4.13. The van der Waals surface area contributed by atoms with Gasteiger partial charge in [-0.25, -0.2) is 0 Å². The van der Waals surface area contributed by atoms with E-state index in [2.05, 4.69) is 17.6 Å². The zero-order chi connectivity index (χ0) is 17.5. The third-order valence-corrected chi connectivity index (χ3v) is 4.90. The van der Waals surface area contributed by atoms with Crippen LogP contribution in [-0.4, -0.2) is 23.5 Å². The summed E-state index contributed by atoms with van der Waals surface area (Å²) in [6.45, 7) is 2.94. The standard InChI is InChI=1S/C20H24N2O2S/c1-2-3-4-11-24-18-10-6-9-17(13-18)21-15-7-5-8-16(12-15)22-20(23)19-14-25-19/h5-10,12-13,19,21H,2-4,11,14H2,1H3,(H,22,23)/p+1/t19-/m1/s1. The van der Waals surface area contributed by atoms with Crippen molar-refractivity contribution in [1.82, 2.24) is 0 Å².